The molecule has 2 saturated heterocycles. The van der Waals surface area contributed by atoms with E-state index in [0.717, 1.165) is 38.2 Å². The van der Waals surface area contributed by atoms with Gasteiger partial charge in [0.1, 0.15) is 22.7 Å². The van der Waals surface area contributed by atoms with E-state index in [1.807, 2.05) is 0 Å². The number of hydrogen-bond donors (Lipinski definition) is 1. The zero-order valence-electron chi connectivity index (χ0n) is 22.5. The number of fused-ring (bicyclic) bond motifs is 5. The number of hydrogen-bond acceptors (Lipinski definition) is 8. The lowest BCUT2D eigenvalue weighted by Gasteiger charge is -2.33. The van der Waals surface area contributed by atoms with Crippen molar-refractivity contribution < 1.29 is 41.5 Å². The van der Waals surface area contributed by atoms with Gasteiger partial charge in [0.15, 0.2) is 10.9 Å². The summed E-state index contributed by atoms with van der Waals surface area (Å²) in [5.74, 6) is -0.781. The first-order valence-corrected chi connectivity index (χ1v) is 15.0. The van der Waals surface area contributed by atoms with Crippen molar-refractivity contribution in [2.45, 2.75) is 69.2 Å². The van der Waals surface area contributed by atoms with Gasteiger partial charge in [-0.05, 0) is 62.3 Å². The fraction of sp³-hybridized carbons (Fsp3) is 0.433. The van der Waals surface area contributed by atoms with Crippen LogP contribution >= 0.6 is 11.3 Å². The minimum atomic E-state index is -4.85. The third-order valence-corrected chi connectivity index (χ3v) is 10.2. The highest BCUT2D eigenvalue weighted by atomic mass is 32.1. The third kappa shape index (κ3) is 4.64. The van der Waals surface area contributed by atoms with Crippen molar-refractivity contribution >= 4 is 32.7 Å². The fourth-order valence-electron chi connectivity index (χ4n) is 7.14. The number of para-hydroxylation sites is 1. The van der Waals surface area contributed by atoms with Crippen molar-refractivity contribution in [1.82, 2.24) is 10.1 Å². The summed E-state index contributed by atoms with van der Waals surface area (Å²) >= 11 is 1.31. The number of halogens is 4. The van der Waals surface area contributed by atoms with Crippen LogP contribution in [0.2, 0.25) is 0 Å². The molecule has 0 amide bonds. The molecule has 2 aliphatic heterocycles. The van der Waals surface area contributed by atoms with Crippen LogP contribution < -0.4 is 9.64 Å². The van der Waals surface area contributed by atoms with Gasteiger partial charge in [-0.25, -0.2) is 14.2 Å². The van der Waals surface area contributed by atoms with E-state index in [1.165, 1.54) is 35.6 Å². The van der Waals surface area contributed by atoms with Crippen LogP contribution in [0.5, 0.6) is 5.75 Å². The maximum absolute atomic E-state index is 14.7. The first kappa shape index (κ1) is 26.9. The SMILES string of the molecule is O=C(O)c1cc(F)c2nc(N3C4CCC3C3C(C4)C3OCc3c(-c4ccccc4OC(F)(F)F)noc3C3CC3)sc2c1. The monoisotopic (exact) mass is 615 g/mol. The summed E-state index contributed by atoms with van der Waals surface area (Å²) in [5.41, 5.74) is 1.22. The number of rotatable bonds is 8. The van der Waals surface area contributed by atoms with E-state index in [9.17, 15) is 27.5 Å². The Morgan fingerprint density at radius 3 is 2.74 bits per heavy atom. The number of ether oxygens (including phenoxy) is 2. The molecule has 8 nitrogen and oxygen atoms in total. The highest BCUT2D eigenvalue weighted by Crippen LogP contribution is 2.59. The maximum atomic E-state index is 14.7. The highest BCUT2D eigenvalue weighted by molar-refractivity contribution is 7.22. The lowest BCUT2D eigenvalue weighted by Crippen LogP contribution is -2.41. The summed E-state index contributed by atoms with van der Waals surface area (Å²) in [6, 6.07) is 8.75. The van der Waals surface area contributed by atoms with Gasteiger partial charge in [-0.2, -0.15) is 0 Å². The zero-order valence-corrected chi connectivity index (χ0v) is 23.3. The number of benzene rings is 2. The van der Waals surface area contributed by atoms with Gasteiger partial charge in [0, 0.05) is 35.0 Å². The summed E-state index contributed by atoms with van der Waals surface area (Å²) < 4.78 is 71.0. The Balaban J connectivity index is 1.04. The van der Waals surface area contributed by atoms with Gasteiger partial charge in [0.2, 0.25) is 0 Å². The number of thiazole rings is 1. The number of alkyl halides is 3. The van der Waals surface area contributed by atoms with Crippen molar-refractivity contribution in [3.8, 4) is 17.0 Å². The molecule has 2 aliphatic carbocycles. The lowest BCUT2D eigenvalue weighted by atomic mass is 10.0. The number of carboxylic acids is 1. The van der Waals surface area contributed by atoms with E-state index < -0.39 is 18.1 Å². The van der Waals surface area contributed by atoms with Crippen LogP contribution in [0.1, 0.15) is 59.7 Å². The summed E-state index contributed by atoms with van der Waals surface area (Å²) in [7, 11) is 0. The van der Waals surface area contributed by atoms with Crippen LogP contribution in [0.15, 0.2) is 40.9 Å². The van der Waals surface area contributed by atoms with Gasteiger partial charge in [-0.3, -0.25) is 0 Å². The molecule has 4 heterocycles. The number of carboxylic acid groups (broad SMARTS) is 1. The first-order valence-electron chi connectivity index (χ1n) is 14.2. The molecule has 1 N–H and O–H groups in total. The third-order valence-electron chi connectivity index (χ3n) is 9.15. The van der Waals surface area contributed by atoms with Crippen molar-refractivity contribution in [2.24, 2.45) is 11.8 Å². The average molecular weight is 616 g/mol. The van der Waals surface area contributed by atoms with Gasteiger partial charge in [0.05, 0.1) is 23.0 Å². The minimum absolute atomic E-state index is 0.0426. The molecule has 13 heteroatoms. The van der Waals surface area contributed by atoms with Gasteiger partial charge in [-0.15, -0.1) is 13.2 Å². The fourth-order valence-corrected chi connectivity index (χ4v) is 8.29. The Morgan fingerprint density at radius 1 is 1.16 bits per heavy atom. The molecule has 43 heavy (non-hydrogen) atoms. The van der Waals surface area contributed by atoms with Crippen molar-refractivity contribution in [3.63, 3.8) is 0 Å². The van der Waals surface area contributed by atoms with E-state index in [1.54, 1.807) is 6.07 Å². The number of nitrogens with zero attached hydrogens (tertiary/aromatic N) is 3. The molecule has 5 unspecified atom stereocenters. The molecule has 0 spiro atoms. The van der Waals surface area contributed by atoms with Crippen LogP contribution in [0.25, 0.3) is 21.5 Å². The molecule has 0 radical (unpaired) electrons. The standard InChI is InChI=1S/C30H25F4N3O5S/c31-19-9-14(28(38)39)10-22-25(19)35-29(43-22)37-15-7-8-20(37)23-17(11-15)27(23)40-12-18-24(36-42-26(18)13-5-6-13)16-3-1-2-4-21(16)41-30(32,33)34/h1-4,9-10,13,15,17,20,23,27H,5-8,11-12H2,(H,38,39). The summed E-state index contributed by atoms with van der Waals surface area (Å²) in [5, 5.41) is 14.2. The number of aromatic nitrogens is 2. The smallest absolute Gasteiger partial charge is 0.478 e. The molecule has 2 aromatic heterocycles. The maximum Gasteiger partial charge on any atom is 0.573 e. The van der Waals surface area contributed by atoms with E-state index >= 15 is 0 Å². The van der Waals surface area contributed by atoms with Crippen LogP contribution in [0.3, 0.4) is 0 Å². The van der Waals surface area contributed by atoms with Crippen LogP contribution in [-0.4, -0.2) is 45.8 Å². The van der Waals surface area contributed by atoms with Crippen molar-refractivity contribution in [1.29, 1.82) is 0 Å². The summed E-state index contributed by atoms with van der Waals surface area (Å²) in [6.45, 7) is 0.157. The van der Waals surface area contributed by atoms with E-state index in [4.69, 9.17) is 9.26 Å². The second kappa shape index (κ2) is 9.65. The lowest BCUT2D eigenvalue weighted by molar-refractivity contribution is -0.274. The topological polar surface area (TPSA) is 97.9 Å². The molecular formula is C30H25F4N3O5S. The summed E-state index contributed by atoms with van der Waals surface area (Å²) in [6.07, 6.45) is -0.228. The highest BCUT2D eigenvalue weighted by Gasteiger charge is 2.63. The Labute approximate surface area is 246 Å². The van der Waals surface area contributed by atoms with E-state index in [-0.39, 0.29) is 59.0 Å². The van der Waals surface area contributed by atoms with Gasteiger partial charge in [0.25, 0.3) is 0 Å². The Bertz CT molecular complexity index is 1750. The predicted molar refractivity (Wildman–Crippen MR) is 147 cm³/mol. The minimum Gasteiger partial charge on any atom is -0.478 e. The molecule has 2 saturated carbocycles. The van der Waals surface area contributed by atoms with Gasteiger partial charge >= 0.3 is 12.3 Å². The average Bonchev–Trinajstić information content (AvgIpc) is 3.78. The van der Waals surface area contributed by atoms with Crippen LogP contribution in [0, 0.1) is 17.7 Å². The first-order chi connectivity index (χ1) is 20.7. The largest absolute Gasteiger partial charge is 0.573 e. The van der Waals surface area contributed by atoms with Crippen LogP contribution in [0.4, 0.5) is 22.7 Å². The second-order valence-corrected chi connectivity index (χ2v) is 12.8. The quantitative estimate of drug-likeness (QED) is 0.209. The number of piperidine rings is 1. The van der Waals surface area contributed by atoms with E-state index in [2.05, 4.69) is 19.8 Å². The zero-order chi connectivity index (χ0) is 29.6. The molecule has 2 bridgehead atoms. The number of aromatic carboxylic acids is 1. The number of anilines is 1. The summed E-state index contributed by atoms with van der Waals surface area (Å²) in [4.78, 5) is 18.3. The van der Waals surface area contributed by atoms with Crippen LogP contribution in [-0.2, 0) is 11.3 Å². The van der Waals surface area contributed by atoms with Crippen molar-refractivity contribution in [2.75, 3.05) is 4.90 Å². The molecule has 8 rings (SSSR count). The normalized spacial score (nSPS) is 26.1. The molecule has 224 valence electrons. The van der Waals surface area contributed by atoms with Gasteiger partial charge < -0.3 is 24.0 Å². The molecule has 5 atom stereocenters. The molecule has 4 fully saturated rings. The Morgan fingerprint density at radius 2 is 1.98 bits per heavy atom. The Kier molecular flexibility index (Phi) is 6.03. The Hall–Kier alpha value is -3.71. The molecular weight excluding hydrogens is 590 g/mol. The molecule has 4 aliphatic rings. The predicted octanol–water partition coefficient (Wildman–Crippen LogP) is 7.14. The van der Waals surface area contributed by atoms with Gasteiger partial charge in [-0.1, -0.05) is 28.6 Å². The van der Waals surface area contributed by atoms with E-state index in [0.29, 0.717) is 32.8 Å². The number of carbonyl (C=O) groups is 1. The second-order valence-electron chi connectivity index (χ2n) is 11.8. The molecule has 2 aromatic carbocycles. The molecule has 4 aromatic rings. The van der Waals surface area contributed by atoms with Crippen molar-refractivity contribution in [3.05, 3.63) is 59.1 Å².